The molecule has 0 radical (unpaired) electrons. The summed E-state index contributed by atoms with van der Waals surface area (Å²) in [5.74, 6) is 0. The number of nitrogens with zero attached hydrogens (tertiary/aromatic N) is 1. The molecule has 0 spiro atoms. The highest BCUT2D eigenvalue weighted by Gasteiger charge is 2.44. The molecule has 1 aromatic heterocycles. The number of aromatic amines is 1. The Morgan fingerprint density at radius 3 is 2.54 bits per heavy atom. The van der Waals surface area contributed by atoms with Crippen LogP contribution in [0, 0.1) is 4.77 Å². The molecule has 1 fully saturated rings. The molecular formula is C16H18N2O5S. The van der Waals surface area contributed by atoms with Crippen LogP contribution >= 0.6 is 12.2 Å². The molecular weight excluding hydrogens is 332 g/mol. The van der Waals surface area contributed by atoms with Crippen LogP contribution in [0.15, 0.2) is 41.2 Å². The van der Waals surface area contributed by atoms with Crippen molar-refractivity contribution < 1.29 is 20.1 Å². The van der Waals surface area contributed by atoms with Crippen LogP contribution in [0.1, 0.15) is 17.5 Å². The van der Waals surface area contributed by atoms with Gasteiger partial charge in [-0.3, -0.25) is 14.3 Å². The van der Waals surface area contributed by atoms with E-state index in [-0.39, 0.29) is 10.3 Å². The third-order valence-corrected chi connectivity index (χ3v) is 4.35. The minimum Gasteiger partial charge on any atom is -0.394 e. The molecule has 2 heterocycles. The van der Waals surface area contributed by atoms with Crippen molar-refractivity contribution in [1.29, 1.82) is 0 Å². The second-order valence-electron chi connectivity index (χ2n) is 5.69. The van der Waals surface area contributed by atoms with E-state index in [9.17, 15) is 20.1 Å². The molecule has 7 nitrogen and oxygen atoms in total. The van der Waals surface area contributed by atoms with E-state index in [0.717, 1.165) is 5.56 Å². The summed E-state index contributed by atoms with van der Waals surface area (Å²) >= 11 is 5.22. The maximum Gasteiger partial charge on any atom is 0.251 e. The molecule has 0 amide bonds. The van der Waals surface area contributed by atoms with Crippen LogP contribution in [-0.4, -0.2) is 49.8 Å². The molecule has 0 bridgehead atoms. The van der Waals surface area contributed by atoms with Gasteiger partial charge in [0, 0.05) is 18.2 Å². The number of benzene rings is 1. The smallest absolute Gasteiger partial charge is 0.251 e. The molecule has 0 unspecified atom stereocenters. The van der Waals surface area contributed by atoms with E-state index in [1.807, 2.05) is 30.3 Å². The van der Waals surface area contributed by atoms with Crippen molar-refractivity contribution in [2.24, 2.45) is 0 Å². The van der Waals surface area contributed by atoms with E-state index < -0.39 is 31.1 Å². The van der Waals surface area contributed by atoms with E-state index in [4.69, 9.17) is 17.0 Å². The SMILES string of the molecule is O=c1cc(Cc2ccccc2)n([C@@H]2O[C@H](CO)[C@@H](O)[C@H]2O)c(=S)[nH]1. The van der Waals surface area contributed by atoms with Gasteiger partial charge in [-0.2, -0.15) is 0 Å². The second kappa shape index (κ2) is 6.96. The van der Waals surface area contributed by atoms with Gasteiger partial charge in [-0.05, 0) is 17.8 Å². The first-order chi connectivity index (χ1) is 11.5. The van der Waals surface area contributed by atoms with Gasteiger partial charge in [0.2, 0.25) is 0 Å². The van der Waals surface area contributed by atoms with Gasteiger partial charge in [0.1, 0.15) is 18.3 Å². The minimum atomic E-state index is -1.27. The largest absolute Gasteiger partial charge is 0.394 e. The molecule has 24 heavy (non-hydrogen) atoms. The lowest BCUT2D eigenvalue weighted by molar-refractivity contribution is -0.0552. The molecule has 8 heteroatoms. The number of hydrogen-bond acceptors (Lipinski definition) is 6. The summed E-state index contributed by atoms with van der Waals surface area (Å²) < 4.78 is 7.11. The summed E-state index contributed by atoms with van der Waals surface area (Å²) in [5.41, 5.74) is 1.15. The predicted molar refractivity (Wildman–Crippen MR) is 88.1 cm³/mol. The Bertz CT molecular complexity index is 819. The Morgan fingerprint density at radius 2 is 1.92 bits per heavy atom. The van der Waals surface area contributed by atoms with Crippen molar-refractivity contribution in [2.45, 2.75) is 31.0 Å². The van der Waals surface area contributed by atoms with Gasteiger partial charge in [0.25, 0.3) is 5.56 Å². The first kappa shape index (κ1) is 17.0. The van der Waals surface area contributed by atoms with Crippen molar-refractivity contribution in [1.82, 2.24) is 9.55 Å². The molecule has 3 rings (SSSR count). The lowest BCUT2D eigenvalue weighted by atomic mass is 10.1. The summed E-state index contributed by atoms with van der Waals surface area (Å²) in [5, 5.41) is 29.5. The van der Waals surface area contributed by atoms with Gasteiger partial charge in [-0.1, -0.05) is 30.3 Å². The molecule has 1 saturated heterocycles. The van der Waals surface area contributed by atoms with Crippen molar-refractivity contribution >= 4 is 12.2 Å². The number of nitrogens with one attached hydrogen (secondary N) is 1. The molecule has 0 aliphatic carbocycles. The average Bonchev–Trinajstić information content (AvgIpc) is 2.83. The maximum absolute atomic E-state index is 11.8. The Labute approximate surface area is 142 Å². The van der Waals surface area contributed by atoms with Gasteiger partial charge in [0.05, 0.1) is 6.61 Å². The summed E-state index contributed by atoms with van der Waals surface area (Å²) in [6.45, 7) is -0.431. The fourth-order valence-corrected chi connectivity index (χ4v) is 3.19. The topological polar surface area (TPSA) is 108 Å². The normalized spacial score (nSPS) is 26.6. The number of H-pyrrole nitrogens is 1. The van der Waals surface area contributed by atoms with Crippen LogP contribution in [0.25, 0.3) is 0 Å². The highest BCUT2D eigenvalue weighted by atomic mass is 32.1. The lowest BCUT2D eigenvalue weighted by Crippen LogP contribution is -2.34. The quantitative estimate of drug-likeness (QED) is 0.583. The third kappa shape index (κ3) is 3.19. The highest BCUT2D eigenvalue weighted by molar-refractivity contribution is 7.71. The summed E-state index contributed by atoms with van der Waals surface area (Å²) in [7, 11) is 0. The first-order valence-corrected chi connectivity index (χ1v) is 7.93. The molecule has 128 valence electrons. The number of rotatable bonds is 4. The lowest BCUT2D eigenvalue weighted by Gasteiger charge is -2.22. The highest BCUT2D eigenvalue weighted by Crippen LogP contribution is 2.30. The zero-order valence-electron chi connectivity index (χ0n) is 12.7. The number of aliphatic hydroxyl groups excluding tert-OH is 3. The molecule has 4 N–H and O–H groups in total. The molecule has 1 aromatic carbocycles. The van der Waals surface area contributed by atoms with Crippen molar-refractivity contribution in [3.8, 4) is 0 Å². The fourth-order valence-electron chi connectivity index (χ4n) is 2.87. The molecule has 0 saturated carbocycles. The summed E-state index contributed by atoms with van der Waals surface area (Å²) in [6, 6.07) is 10.9. The average molecular weight is 350 g/mol. The molecule has 1 aliphatic rings. The molecule has 4 atom stereocenters. The summed E-state index contributed by atoms with van der Waals surface area (Å²) in [4.78, 5) is 14.3. The Balaban J connectivity index is 2.04. The zero-order chi connectivity index (χ0) is 17.3. The minimum absolute atomic E-state index is 0.0864. The van der Waals surface area contributed by atoms with Gasteiger partial charge >= 0.3 is 0 Å². The fraction of sp³-hybridized carbons (Fsp3) is 0.375. The molecule has 2 aromatic rings. The number of aliphatic hydroxyl groups is 3. The third-order valence-electron chi connectivity index (χ3n) is 4.06. The van der Waals surface area contributed by atoms with E-state index in [1.54, 1.807) is 0 Å². The van der Waals surface area contributed by atoms with Crippen LogP contribution in [0.4, 0.5) is 0 Å². The number of ether oxygens (including phenoxy) is 1. The van der Waals surface area contributed by atoms with Crippen molar-refractivity contribution in [3.63, 3.8) is 0 Å². The number of hydrogen-bond donors (Lipinski definition) is 4. The van der Waals surface area contributed by atoms with Gasteiger partial charge < -0.3 is 20.1 Å². The zero-order valence-corrected chi connectivity index (χ0v) is 13.5. The van der Waals surface area contributed by atoms with E-state index in [1.165, 1.54) is 10.6 Å². The standard InChI is InChI=1S/C16H18N2O5S/c19-8-11-13(21)14(22)15(23-11)18-10(7-12(20)17-16(18)24)6-9-4-2-1-3-5-9/h1-5,7,11,13-15,19,21-22H,6,8H2,(H,17,20,24)/t11-,13-,14-,15-/m1/s1. The monoisotopic (exact) mass is 350 g/mol. The van der Waals surface area contributed by atoms with Gasteiger partial charge in [0.15, 0.2) is 11.0 Å². The molecule has 1 aliphatic heterocycles. The van der Waals surface area contributed by atoms with Crippen molar-refractivity contribution in [3.05, 3.63) is 62.8 Å². The van der Waals surface area contributed by atoms with E-state index in [0.29, 0.717) is 12.1 Å². The Hall–Kier alpha value is -1.84. The summed E-state index contributed by atoms with van der Waals surface area (Å²) in [6.07, 6.45) is -4.00. The Kier molecular flexibility index (Phi) is 4.93. The van der Waals surface area contributed by atoms with Gasteiger partial charge in [-0.25, -0.2) is 0 Å². The Morgan fingerprint density at radius 1 is 1.21 bits per heavy atom. The predicted octanol–water partition coefficient (Wildman–Crippen LogP) is 0.108. The first-order valence-electron chi connectivity index (χ1n) is 7.52. The van der Waals surface area contributed by atoms with Crippen LogP contribution in [0.5, 0.6) is 0 Å². The van der Waals surface area contributed by atoms with Crippen LogP contribution in [0.2, 0.25) is 0 Å². The number of aromatic nitrogens is 2. The van der Waals surface area contributed by atoms with Crippen LogP contribution in [0.3, 0.4) is 0 Å². The second-order valence-corrected chi connectivity index (χ2v) is 6.08. The van der Waals surface area contributed by atoms with E-state index >= 15 is 0 Å². The van der Waals surface area contributed by atoms with Crippen LogP contribution in [-0.2, 0) is 11.2 Å². The van der Waals surface area contributed by atoms with Gasteiger partial charge in [-0.15, -0.1) is 0 Å². The van der Waals surface area contributed by atoms with Crippen LogP contribution < -0.4 is 5.56 Å². The van der Waals surface area contributed by atoms with E-state index in [2.05, 4.69) is 4.98 Å². The van der Waals surface area contributed by atoms with Crippen molar-refractivity contribution in [2.75, 3.05) is 6.61 Å². The maximum atomic E-state index is 11.8.